The second kappa shape index (κ2) is 19.7. The monoisotopic (exact) mass is 374 g/mol. The van der Waals surface area contributed by atoms with Gasteiger partial charge in [0.15, 0.2) is 0 Å². The maximum absolute atomic E-state index is 5.01. The highest BCUT2D eigenvalue weighted by atomic mass is 16.5. The van der Waals surface area contributed by atoms with Gasteiger partial charge in [0.25, 0.3) is 0 Å². The smallest absolute Gasteiger partial charge is 0.0919 e. The van der Waals surface area contributed by atoms with Crippen LogP contribution in [0, 0.1) is 0 Å². The second-order valence-corrected chi connectivity index (χ2v) is 5.26. The molecule has 0 unspecified atom stereocenters. The molecule has 5 rings (SSSR count). The van der Waals surface area contributed by atoms with Crippen molar-refractivity contribution in [3.8, 4) is 0 Å². The Morgan fingerprint density at radius 1 is 0.704 bits per heavy atom. The van der Waals surface area contributed by atoms with Crippen molar-refractivity contribution in [2.75, 3.05) is 39.4 Å². The van der Waals surface area contributed by atoms with Gasteiger partial charge < -0.3 is 20.4 Å². The van der Waals surface area contributed by atoms with E-state index in [2.05, 4.69) is 41.0 Å². The molecule has 9 heteroatoms. The summed E-state index contributed by atoms with van der Waals surface area (Å²) in [7, 11) is 0. The van der Waals surface area contributed by atoms with Crippen molar-refractivity contribution < 1.29 is 4.74 Å². The van der Waals surface area contributed by atoms with Gasteiger partial charge in [-0.05, 0) is 38.1 Å². The van der Waals surface area contributed by atoms with E-state index in [-0.39, 0.29) is 0 Å². The largest absolute Gasteiger partial charge is 0.379 e. The second-order valence-electron chi connectivity index (χ2n) is 5.26. The number of nitrogens with zero attached hydrogens (tertiary/aromatic N) is 4. The summed E-state index contributed by atoms with van der Waals surface area (Å²) >= 11 is 0. The topological polar surface area (TPSA) is 116 Å². The van der Waals surface area contributed by atoms with Crippen molar-refractivity contribution in [3.05, 3.63) is 61.7 Å². The van der Waals surface area contributed by atoms with Gasteiger partial charge in [-0.25, -0.2) is 4.98 Å². The molecule has 2 fully saturated rings. The molecule has 0 atom stereocenters. The summed E-state index contributed by atoms with van der Waals surface area (Å²) in [5.41, 5.74) is 0. The highest BCUT2D eigenvalue weighted by molar-refractivity contribution is 4.88. The van der Waals surface area contributed by atoms with E-state index < -0.39 is 0 Å². The summed E-state index contributed by atoms with van der Waals surface area (Å²) in [6.45, 7) is 6.33. The first-order valence-electron chi connectivity index (χ1n) is 9.07. The third-order valence-corrected chi connectivity index (χ3v) is 3.11. The average molecular weight is 374 g/mol. The lowest BCUT2D eigenvalue weighted by molar-refractivity contribution is 0.109. The molecular weight excluding hydrogens is 344 g/mol. The van der Waals surface area contributed by atoms with Crippen LogP contribution in [-0.2, 0) is 4.74 Å². The van der Waals surface area contributed by atoms with Gasteiger partial charge >= 0.3 is 0 Å². The Labute approximate surface area is 160 Å². The number of nitrogens with one attached hydrogen (secondary N) is 4. The van der Waals surface area contributed by atoms with E-state index in [9.17, 15) is 0 Å². The summed E-state index contributed by atoms with van der Waals surface area (Å²) in [6.07, 6.45) is 14.6. The predicted molar refractivity (Wildman–Crippen MR) is 105 cm³/mol. The molecule has 0 amide bonds. The van der Waals surface area contributed by atoms with E-state index in [1.54, 1.807) is 43.5 Å². The average Bonchev–Trinajstić information content (AvgIpc) is 3.58. The molecule has 27 heavy (non-hydrogen) atoms. The van der Waals surface area contributed by atoms with Crippen LogP contribution in [0.15, 0.2) is 61.7 Å². The fourth-order valence-corrected chi connectivity index (χ4v) is 1.84. The Morgan fingerprint density at radius 3 is 1.63 bits per heavy atom. The minimum Gasteiger partial charge on any atom is -0.379 e. The van der Waals surface area contributed by atoms with Gasteiger partial charge in [0.1, 0.15) is 0 Å². The van der Waals surface area contributed by atoms with E-state index >= 15 is 0 Å². The Bertz CT molecular complexity index is 448. The SMILES string of the molecule is C1CCNC1.C1COCCN1.c1c[nH]cn1.c1c[nH]nn1.c1ccncc1. The van der Waals surface area contributed by atoms with Crippen LogP contribution in [0.4, 0.5) is 0 Å². The Morgan fingerprint density at radius 2 is 1.44 bits per heavy atom. The number of morpholine rings is 1. The summed E-state index contributed by atoms with van der Waals surface area (Å²) in [5, 5.41) is 15.6. The van der Waals surface area contributed by atoms with Crippen molar-refractivity contribution >= 4 is 0 Å². The standard InChI is InChI=1S/C5H5N.C4H9NO.C4H9N.C3H4N2.C2H3N3/c1-2-4-6-5-3-1;1-3-6-4-2-5-1;1-2-4-5-3-1;1-2-5-3-4-1;1-2-4-5-3-1/h1-5H;5H,1-4H2;5H,1-4H2;1-3H,(H,4,5);1-2H,(H,3,4,5). The first-order valence-corrected chi connectivity index (χ1v) is 9.07. The number of ether oxygens (including phenoxy) is 1. The molecule has 0 aliphatic carbocycles. The van der Waals surface area contributed by atoms with Crippen LogP contribution in [0.5, 0.6) is 0 Å². The highest BCUT2D eigenvalue weighted by Crippen LogP contribution is 1.90. The fraction of sp³-hybridized carbons (Fsp3) is 0.444. The summed E-state index contributed by atoms with van der Waals surface area (Å²) in [6, 6.07) is 5.72. The third-order valence-electron chi connectivity index (χ3n) is 3.11. The van der Waals surface area contributed by atoms with E-state index in [0.29, 0.717) is 0 Å². The summed E-state index contributed by atoms with van der Waals surface area (Å²) in [4.78, 5) is 10.2. The molecule has 9 nitrogen and oxygen atoms in total. The van der Waals surface area contributed by atoms with E-state index in [4.69, 9.17) is 4.74 Å². The van der Waals surface area contributed by atoms with Gasteiger partial charge in [0.2, 0.25) is 0 Å². The summed E-state index contributed by atoms with van der Waals surface area (Å²) in [5.74, 6) is 0. The normalized spacial score (nSPS) is 14.5. The van der Waals surface area contributed by atoms with Gasteiger partial charge in [-0.1, -0.05) is 11.3 Å². The molecule has 148 valence electrons. The van der Waals surface area contributed by atoms with Crippen molar-refractivity contribution in [3.63, 3.8) is 0 Å². The van der Waals surface area contributed by atoms with Gasteiger partial charge in [-0.2, -0.15) is 0 Å². The van der Waals surface area contributed by atoms with Gasteiger partial charge in [-0.15, -0.1) is 5.10 Å². The zero-order valence-corrected chi connectivity index (χ0v) is 15.6. The Kier molecular flexibility index (Phi) is 16.4. The van der Waals surface area contributed by atoms with Crippen LogP contribution in [0.2, 0.25) is 0 Å². The van der Waals surface area contributed by atoms with Crippen LogP contribution < -0.4 is 10.6 Å². The minimum atomic E-state index is 0.889. The lowest BCUT2D eigenvalue weighted by atomic mass is 10.4. The molecule has 0 spiro atoms. The Balaban J connectivity index is 0.000000169. The quantitative estimate of drug-likeness (QED) is 0.468. The number of hydrogen-bond acceptors (Lipinski definition) is 7. The number of H-pyrrole nitrogens is 2. The molecule has 2 aliphatic rings. The van der Waals surface area contributed by atoms with E-state index in [1.807, 2.05) is 18.2 Å². The molecule has 0 bridgehead atoms. The van der Waals surface area contributed by atoms with Crippen molar-refractivity contribution in [1.82, 2.24) is 41.0 Å². The molecule has 3 aromatic heterocycles. The van der Waals surface area contributed by atoms with Crippen LogP contribution in [0.3, 0.4) is 0 Å². The maximum atomic E-state index is 5.01. The maximum Gasteiger partial charge on any atom is 0.0919 e. The zero-order chi connectivity index (χ0) is 19.1. The van der Waals surface area contributed by atoms with Gasteiger partial charge in [0, 0.05) is 44.1 Å². The molecule has 2 saturated heterocycles. The molecule has 4 N–H and O–H groups in total. The van der Waals surface area contributed by atoms with E-state index in [0.717, 1.165) is 26.3 Å². The third kappa shape index (κ3) is 18.0. The molecule has 0 radical (unpaired) electrons. The Hall–Kier alpha value is -2.62. The van der Waals surface area contributed by atoms with Crippen LogP contribution in [0.25, 0.3) is 0 Å². The number of aromatic amines is 2. The lowest BCUT2D eigenvalue weighted by Gasteiger charge is -2.10. The van der Waals surface area contributed by atoms with Crippen molar-refractivity contribution in [2.24, 2.45) is 0 Å². The lowest BCUT2D eigenvalue weighted by Crippen LogP contribution is -2.30. The number of aromatic nitrogens is 6. The fourth-order valence-electron chi connectivity index (χ4n) is 1.84. The van der Waals surface area contributed by atoms with E-state index in [1.165, 1.54) is 25.9 Å². The number of hydrogen-bond donors (Lipinski definition) is 4. The molecule has 5 heterocycles. The number of rotatable bonds is 0. The van der Waals surface area contributed by atoms with Gasteiger partial charge in [-0.3, -0.25) is 10.1 Å². The molecule has 0 saturated carbocycles. The molecular formula is C18H30N8O. The molecule has 3 aromatic rings. The zero-order valence-electron chi connectivity index (χ0n) is 15.6. The summed E-state index contributed by atoms with van der Waals surface area (Å²) < 4.78 is 5.01. The van der Waals surface area contributed by atoms with Crippen LogP contribution in [0.1, 0.15) is 12.8 Å². The molecule has 2 aliphatic heterocycles. The first kappa shape index (κ1) is 22.4. The highest BCUT2D eigenvalue weighted by Gasteiger charge is 1.93. The first-order chi connectivity index (χ1) is 13.5. The van der Waals surface area contributed by atoms with Gasteiger partial charge in [0.05, 0.1) is 25.7 Å². The predicted octanol–water partition coefficient (Wildman–Crippen LogP) is 1.27. The van der Waals surface area contributed by atoms with Crippen molar-refractivity contribution in [1.29, 1.82) is 0 Å². The number of imidazole rings is 1. The van der Waals surface area contributed by atoms with Crippen LogP contribution in [-0.4, -0.2) is 69.8 Å². The van der Waals surface area contributed by atoms with Crippen LogP contribution >= 0.6 is 0 Å². The molecule has 0 aromatic carbocycles. The number of pyridine rings is 1. The van der Waals surface area contributed by atoms with Crippen molar-refractivity contribution in [2.45, 2.75) is 12.8 Å². The minimum absolute atomic E-state index is 0.889.